The second kappa shape index (κ2) is 12.3. The van der Waals surface area contributed by atoms with Crippen LogP contribution in [0.15, 0.2) is 34.3 Å². The zero-order valence-electron chi connectivity index (χ0n) is 24.6. The Bertz CT molecular complexity index is 1720. The van der Waals surface area contributed by atoms with Gasteiger partial charge in [-0.1, -0.05) is 13.8 Å². The maximum absolute atomic E-state index is 13.7. The van der Waals surface area contributed by atoms with Crippen LogP contribution in [0.1, 0.15) is 32.3 Å². The van der Waals surface area contributed by atoms with Crippen LogP contribution in [-0.4, -0.2) is 104 Å². The molecule has 0 spiro atoms. The number of sulfonamides is 1. The van der Waals surface area contributed by atoms with Crippen LogP contribution < -0.4 is 10.3 Å². The Morgan fingerprint density at radius 3 is 2.52 bits per heavy atom. The number of H-pyrrole nitrogens is 1. The highest BCUT2D eigenvalue weighted by Gasteiger charge is 2.30. The zero-order chi connectivity index (χ0) is 30.0. The lowest BCUT2D eigenvalue weighted by Gasteiger charge is -2.33. The van der Waals surface area contributed by atoms with Crippen molar-refractivity contribution in [2.75, 3.05) is 46.4 Å². The quantitative estimate of drug-likeness (QED) is 0.267. The Kier molecular flexibility index (Phi) is 8.73. The molecule has 1 fully saturated rings. The SMILES string of the molecule is CCc1c2nc(-c3cc(S(=O)(=O)N4CCN(CC)CC4)cnc3OC(C)COC)[nH]c(=O)c2nn1Cc1nccn1C. The van der Waals surface area contributed by atoms with E-state index in [0.717, 1.165) is 18.1 Å². The summed E-state index contributed by atoms with van der Waals surface area (Å²) < 4.78 is 43.6. The maximum atomic E-state index is 13.7. The fourth-order valence-corrected chi connectivity index (χ4v) is 6.48. The minimum atomic E-state index is -3.86. The molecule has 14 nitrogen and oxygen atoms in total. The van der Waals surface area contributed by atoms with Gasteiger partial charge in [-0.15, -0.1) is 0 Å². The van der Waals surface area contributed by atoms with Crippen LogP contribution in [0.3, 0.4) is 0 Å². The number of likely N-dealkylation sites (N-methyl/N-ethyl adjacent to an activating group) is 1. The number of nitrogens with one attached hydrogen (secondary N) is 1. The highest BCUT2D eigenvalue weighted by Crippen LogP contribution is 2.31. The van der Waals surface area contributed by atoms with Gasteiger partial charge in [0.2, 0.25) is 15.9 Å². The van der Waals surface area contributed by atoms with Crippen LogP contribution in [-0.2, 0) is 34.8 Å². The minimum Gasteiger partial charge on any atom is -0.472 e. The van der Waals surface area contributed by atoms with E-state index in [1.54, 1.807) is 18.0 Å². The van der Waals surface area contributed by atoms with Gasteiger partial charge in [0.15, 0.2) is 5.52 Å². The van der Waals surface area contributed by atoms with Crippen LogP contribution in [0, 0.1) is 0 Å². The summed E-state index contributed by atoms with van der Waals surface area (Å²) in [5.74, 6) is 1.05. The van der Waals surface area contributed by atoms with Crippen LogP contribution in [0.4, 0.5) is 0 Å². The molecular weight excluding hydrogens is 562 g/mol. The van der Waals surface area contributed by atoms with Crippen molar-refractivity contribution < 1.29 is 17.9 Å². The van der Waals surface area contributed by atoms with Crippen molar-refractivity contribution in [3.8, 4) is 17.3 Å². The molecule has 1 aliphatic rings. The average molecular weight is 600 g/mol. The molecule has 4 aromatic heterocycles. The number of nitrogens with zero attached hydrogens (tertiary/aromatic N) is 8. The second-order valence-corrected chi connectivity index (χ2v) is 12.2. The number of aryl methyl sites for hydroxylation is 2. The fourth-order valence-electron chi connectivity index (χ4n) is 5.09. The Morgan fingerprint density at radius 1 is 1.12 bits per heavy atom. The van der Waals surface area contributed by atoms with Crippen molar-refractivity contribution in [2.45, 2.75) is 44.7 Å². The Morgan fingerprint density at radius 2 is 1.88 bits per heavy atom. The van der Waals surface area contributed by atoms with Crippen molar-refractivity contribution in [3.05, 3.63) is 46.5 Å². The first-order valence-electron chi connectivity index (χ1n) is 14.0. The highest BCUT2D eigenvalue weighted by molar-refractivity contribution is 7.89. The average Bonchev–Trinajstić information content (AvgIpc) is 3.55. The monoisotopic (exact) mass is 599 g/mol. The summed E-state index contributed by atoms with van der Waals surface area (Å²) in [4.78, 5) is 31.9. The van der Waals surface area contributed by atoms with Crippen LogP contribution in [0.5, 0.6) is 5.88 Å². The van der Waals surface area contributed by atoms with Crippen LogP contribution >= 0.6 is 0 Å². The van der Waals surface area contributed by atoms with Gasteiger partial charge in [0, 0.05) is 52.7 Å². The van der Waals surface area contributed by atoms with Gasteiger partial charge in [0.25, 0.3) is 5.56 Å². The summed E-state index contributed by atoms with van der Waals surface area (Å²) in [5, 5.41) is 4.55. The smallest absolute Gasteiger partial charge is 0.279 e. The summed E-state index contributed by atoms with van der Waals surface area (Å²) in [5.41, 5.74) is 1.16. The molecule has 42 heavy (non-hydrogen) atoms. The van der Waals surface area contributed by atoms with Crippen molar-refractivity contribution in [1.29, 1.82) is 0 Å². The number of ether oxygens (including phenoxy) is 2. The summed E-state index contributed by atoms with van der Waals surface area (Å²) in [6, 6.07) is 1.47. The number of piperazine rings is 1. The summed E-state index contributed by atoms with van der Waals surface area (Å²) in [7, 11) is -0.403. The van der Waals surface area contributed by atoms with E-state index in [-0.39, 0.29) is 34.3 Å². The third kappa shape index (κ3) is 5.82. The first-order chi connectivity index (χ1) is 20.2. The molecule has 5 heterocycles. The summed E-state index contributed by atoms with van der Waals surface area (Å²) >= 11 is 0. The van der Waals surface area contributed by atoms with Crippen LogP contribution in [0.2, 0.25) is 0 Å². The molecule has 0 aromatic carbocycles. The minimum absolute atomic E-state index is 0.00173. The predicted octanol–water partition coefficient (Wildman–Crippen LogP) is 1.27. The molecule has 0 radical (unpaired) electrons. The summed E-state index contributed by atoms with van der Waals surface area (Å²) in [6.45, 7) is 9.40. The molecule has 1 atom stereocenters. The Balaban J connectivity index is 1.60. The van der Waals surface area contributed by atoms with Crippen molar-refractivity contribution in [1.82, 2.24) is 43.5 Å². The van der Waals surface area contributed by atoms with E-state index < -0.39 is 21.7 Å². The molecule has 15 heteroatoms. The lowest BCUT2D eigenvalue weighted by molar-refractivity contribution is 0.0893. The fraction of sp³-hybridized carbons (Fsp3) is 0.519. The Hall–Kier alpha value is -3.66. The van der Waals surface area contributed by atoms with Crippen molar-refractivity contribution >= 4 is 21.1 Å². The van der Waals surface area contributed by atoms with Crippen molar-refractivity contribution in [3.63, 3.8) is 0 Å². The number of hydrogen-bond acceptors (Lipinski definition) is 10. The van der Waals surface area contributed by atoms with Gasteiger partial charge < -0.3 is 23.9 Å². The number of imidazole rings is 1. The normalized spacial score (nSPS) is 15.8. The number of fused-ring (bicyclic) bond motifs is 1. The van der Waals surface area contributed by atoms with E-state index >= 15 is 0 Å². The molecule has 0 saturated carbocycles. The molecule has 1 N–H and O–H groups in total. The summed E-state index contributed by atoms with van der Waals surface area (Å²) in [6.07, 6.45) is 5.00. The number of methoxy groups -OCH3 is 1. The second-order valence-electron chi connectivity index (χ2n) is 10.3. The topological polar surface area (TPSA) is 153 Å². The van der Waals surface area contributed by atoms with Gasteiger partial charge >= 0.3 is 0 Å². The molecule has 1 unspecified atom stereocenters. The van der Waals surface area contributed by atoms with Gasteiger partial charge in [-0.2, -0.15) is 9.40 Å². The predicted molar refractivity (Wildman–Crippen MR) is 156 cm³/mol. The first kappa shape index (κ1) is 29.8. The molecule has 5 rings (SSSR count). The molecule has 0 aliphatic carbocycles. The van der Waals surface area contributed by atoms with E-state index in [0.29, 0.717) is 44.7 Å². The number of aromatic nitrogens is 7. The van der Waals surface area contributed by atoms with Gasteiger partial charge in [0.1, 0.15) is 28.2 Å². The van der Waals surface area contributed by atoms with Gasteiger partial charge in [0.05, 0.1) is 30.6 Å². The molecule has 4 aromatic rings. The molecule has 1 aliphatic heterocycles. The number of hydrogen-bond donors (Lipinski definition) is 1. The van der Waals surface area contributed by atoms with Gasteiger partial charge in [-0.3, -0.25) is 9.48 Å². The molecular formula is C27H37N9O5S. The third-order valence-corrected chi connectivity index (χ3v) is 9.32. The standard InChI is InChI=1S/C27H37N9O5S/c1-6-21-23-24(32-36(21)16-22-28-8-9-33(22)4)26(37)31-25(30-23)20-14-19(15-29-27(20)41-18(3)17-40-5)42(38,39)35-12-10-34(7-2)11-13-35/h8-9,14-15,18H,6-7,10-13,16-17H2,1-5H3,(H,30,31,37). The largest absolute Gasteiger partial charge is 0.472 e. The van der Waals surface area contributed by atoms with Gasteiger partial charge in [-0.05, 0) is 26.0 Å². The zero-order valence-corrected chi connectivity index (χ0v) is 25.4. The maximum Gasteiger partial charge on any atom is 0.279 e. The number of rotatable bonds is 11. The Labute approximate surface area is 244 Å². The number of pyridine rings is 1. The van der Waals surface area contributed by atoms with E-state index in [9.17, 15) is 13.2 Å². The van der Waals surface area contributed by atoms with Crippen LogP contribution in [0.25, 0.3) is 22.4 Å². The lowest BCUT2D eigenvalue weighted by Crippen LogP contribution is -2.48. The van der Waals surface area contributed by atoms with Gasteiger partial charge in [-0.25, -0.2) is 23.4 Å². The number of aromatic amines is 1. The van der Waals surface area contributed by atoms with E-state index in [1.165, 1.54) is 16.6 Å². The molecule has 0 amide bonds. The molecule has 0 bridgehead atoms. The van der Waals surface area contributed by atoms with E-state index in [2.05, 4.69) is 31.9 Å². The third-order valence-electron chi connectivity index (χ3n) is 7.46. The van der Waals surface area contributed by atoms with E-state index in [4.69, 9.17) is 14.5 Å². The molecule has 226 valence electrons. The highest BCUT2D eigenvalue weighted by atomic mass is 32.2. The van der Waals surface area contributed by atoms with Crippen molar-refractivity contribution in [2.24, 2.45) is 7.05 Å². The lowest BCUT2D eigenvalue weighted by atomic mass is 10.2. The van der Waals surface area contributed by atoms with E-state index in [1.807, 2.05) is 31.7 Å². The molecule has 1 saturated heterocycles. The first-order valence-corrected chi connectivity index (χ1v) is 15.4.